The lowest BCUT2D eigenvalue weighted by atomic mass is 9.74. The van der Waals surface area contributed by atoms with Gasteiger partial charge in [0.15, 0.2) is 13.9 Å². The zero-order valence-electron chi connectivity index (χ0n) is 21.4. The van der Waals surface area contributed by atoms with Gasteiger partial charge in [0.05, 0.1) is 6.10 Å². The minimum Gasteiger partial charge on any atom is -0.456 e. The lowest BCUT2D eigenvalue weighted by Crippen LogP contribution is -2.66. The number of hydrogen-bond acceptors (Lipinski definition) is 4. The van der Waals surface area contributed by atoms with E-state index < -0.39 is 32.0 Å². The van der Waals surface area contributed by atoms with E-state index in [-0.39, 0.29) is 16.9 Å². The van der Waals surface area contributed by atoms with Gasteiger partial charge in [-0.2, -0.15) is 0 Å². The van der Waals surface area contributed by atoms with Crippen molar-refractivity contribution in [2.75, 3.05) is 0 Å². The fourth-order valence-electron chi connectivity index (χ4n) is 4.78. The fourth-order valence-corrected chi connectivity index (χ4v) is 6.14. The molecule has 0 bridgehead atoms. The molecular formula is C27H41NO4Si. The lowest BCUT2D eigenvalue weighted by Gasteiger charge is -2.48. The van der Waals surface area contributed by atoms with Crippen molar-refractivity contribution in [3.8, 4) is 0 Å². The normalized spacial score (nSPS) is 24.1. The third-order valence-electron chi connectivity index (χ3n) is 7.90. The smallest absolute Gasteiger partial charge is 0.339 e. The van der Waals surface area contributed by atoms with Crippen molar-refractivity contribution in [3.63, 3.8) is 0 Å². The summed E-state index contributed by atoms with van der Waals surface area (Å²) in [5, 5.41) is 3.01. The maximum atomic E-state index is 14.0. The summed E-state index contributed by atoms with van der Waals surface area (Å²) in [5.74, 6) is -0.488. The van der Waals surface area contributed by atoms with Crippen LogP contribution in [0, 0.1) is 5.92 Å². The van der Waals surface area contributed by atoms with E-state index in [0.29, 0.717) is 5.57 Å². The van der Waals surface area contributed by atoms with Gasteiger partial charge in [-0.1, -0.05) is 70.4 Å². The van der Waals surface area contributed by atoms with Gasteiger partial charge in [-0.3, -0.25) is 4.79 Å². The molecule has 182 valence electrons. The van der Waals surface area contributed by atoms with Crippen LogP contribution in [0.4, 0.5) is 0 Å². The molecule has 1 heterocycles. The highest BCUT2D eigenvalue weighted by atomic mass is 28.4. The van der Waals surface area contributed by atoms with E-state index in [2.05, 4.69) is 39.2 Å². The molecule has 1 amide bonds. The Bertz CT molecular complexity index is 883. The quantitative estimate of drug-likeness (QED) is 0.387. The Labute approximate surface area is 200 Å². The van der Waals surface area contributed by atoms with Crippen LogP contribution in [0.1, 0.15) is 78.4 Å². The molecule has 0 unspecified atom stereocenters. The SMILES string of the molecule is CC1=CC(=O)N[C@]1(C(=O)O[C@@H](C)c1ccccc1)[C@@H](O[Si](C)(C)C(C)(C)C)C1CCCCC1. The first kappa shape index (κ1) is 25.7. The number of esters is 1. The molecule has 6 heteroatoms. The largest absolute Gasteiger partial charge is 0.456 e. The van der Waals surface area contributed by atoms with Crippen LogP contribution >= 0.6 is 0 Å². The average molecular weight is 472 g/mol. The summed E-state index contributed by atoms with van der Waals surface area (Å²) in [6.45, 7) is 14.8. The third-order valence-corrected chi connectivity index (χ3v) is 12.4. The van der Waals surface area contributed by atoms with Crippen LogP contribution < -0.4 is 5.32 Å². The van der Waals surface area contributed by atoms with Crippen LogP contribution in [-0.4, -0.2) is 31.8 Å². The molecule has 1 aromatic rings. The Morgan fingerprint density at radius 1 is 1.12 bits per heavy atom. The number of hydrogen-bond donors (Lipinski definition) is 1. The Hall–Kier alpha value is -1.92. The highest BCUT2D eigenvalue weighted by molar-refractivity contribution is 6.74. The molecule has 1 aliphatic carbocycles. The third kappa shape index (κ3) is 5.27. The molecule has 5 nitrogen and oxygen atoms in total. The standard InChI is InChI=1S/C27H41NO4Si/c1-19-18-23(29)28-27(19,25(30)31-20(2)21-14-10-8-11-15-21)24(22-16-12-9-13-17-22)32-33(6,7)26(3,4)5/h8,10-11,14-15,18,20,22,24H,9,12-13,16-17H2,1-7H3,(H,28,29)/t20-,24-,27-/m0/s1. The van der Waals surface area contributed by atoms with Gasteiger partial charge in [0.2, 0.25) is 5.91 Å². The van der Waals surface area contributed by atoms with Crippen molar-refractivity contribution < 1.29 is 18.8 Å². The van der Waals surface area contributed by atoms with Crippen molar-refractivity contribution in [3.05, 3.63) is 47.5 Å². The minimum absolute atomic E-state index is 0.0252. The van der Waals surface area contributed by atoms with Crippen molar-refractivity contribution in [2.45, 2.75) is 103 Å². The monoisotopic (exact) mass is 471 g/mol. The van der Waals surface area contributed by atoms with Crippen molar-refractivity contribution in [1.82, 2.24) is 5.32 Å². The van der Waals surface area contributed by atoms with Gasteiger partial charge in [0.25, 0.3) is 0 Å². The summed E-state index contributed by atoms with van der Waals surface area (Å²) >= 11 is 0. The number of benzene rings is 1. The molecule has 1 fully saturated rings. The number of ether oxygens (including phenoxy) is 1. The van der Waals surface area contributed by atoms with Crippen molar-refractivity contribution in [2.24, 2.45) is 5.92 Å². The second-order valence-corrected chi connectivity index (χ2v) is 16.0. The molecular weight excluding hydrogens is 430 g/mol. The Morgan fingerprint density at radius 2 is 1.73 bits per heavy atom. The molecule has 3 rings (SSSR count). The highest BCUT2D eigenvalue weighted by Crippen LogP contribution is 2.45. The summed E-state index contributed by atoms with van der Waals surface area (Å²) < 4.78 is 13.1. The topological polar surface area (TPSA) is 64.6 Å². The van der Waals surface area contributed by atoms with Gasteiger partial charge < -0.3 is 14.5 Å². The van der Waals surface area contributed by atoms with E-state index >= 15 is 0 Å². The first-order valence-electron chi connectivity index (χ1n) is 12.3. The molecule has 33 heavy (non-hydrogen) atoms. The first-order valence-corrected chi connectivity index (χ1v) is 15.2. The number of carbonyl (C=O) groups is 2. The molecule has 1 aliphatic heterocycles. The Morgan fingerprint density at radius 3 is 2.24 bits per heavy atom. The van der Waals surface area contributed by atoms with Gasteiger partial charge >= 0.3 is 5.97 Å². The van der Waals surface area contributed by atoms with Crippen LogP contribution in [0.2, 0.25) is 18.1 Å². The van der Waals surface area contributed by atoms with Crippen LogP contribution in [0.25, 0.3) is 0 Å². The van der Waals surface area contributed by atoms with Crippen LogP contribution in [0.15, 0.2) is 42.0 Å². The van der Waals surface area contributed by atoms with Gasteiger partial charge in [-0.05, 0) is 61.9 Å². The summed E-state index contributed by atoms with van der Waals surface area (Å²) in [4.78, 5) is 26.6. The number of amides is 1. The summed E-state index contributed by atoms with van der Waals surface area (Å²) in [6.07, 6.45) is 6.08. The van der Waals surface area contributed by atoms with Crippen LogP contribution in [-0.2, 0) is 18.8 Å². The summed E-state index contributed by atoms with van der Waals surface area (Å²) in [5.41, 5.74) is 0.316. The van der Waals surface area contributed by atoms with E-state index in [1.54, 1.807) is 6.08 Å². The summed E-state index contributed by atoms with van der Waals surface area (Å²) in [7, 11) is -2.25. The van der Waals surface area contributed by atoms with Gasteiger partial charge in [0.1, 0.15) is 6.10 Å². The zero-order valence-corrected chi connectivity index (χ0v) is 22.4. The molecule has 0 aromatic heterocycles. The van der Waals surface area contributed by atoms with E-state index in [0.717, 1.165) is 31.2 Å². The molecule has 1 saturated carbocycles. The van der Waals surface area contributed by atoms with Gasteiger partial charge in [-0.15, -0.1) is 0 Å². The molecule has 0 saturated heterocycles. The van der Waals surface area contributed by atoms with E-state index in [4.69, 9.17) is 9.16 Å². The lowest BCUT2D eigenvalue weighted by molar-refractivity contribution is -0.162. The zero-order chi connectivity index (χ0) is 24.4. The molecule has 0 spiro atoms. The van der Waals surface area contributed by atoms with Gasteiger partial charge in [-0.25, -0.2) is 4.79 Å². The minimum atomic E-state index is -2.25. The molecule has 3 atom stereocenters. The number of carbonyl (C=O) groups excluding carboxylic acids is 2. The fraction of sp³-hybridized carbons (Fsp3) is 0.630. The van der Waals surface area contributed by atoms with E-state index in [9.17, 15) is 9.59 Å². The average Bonchev–Trinajstić information content (AvgIpc) is 3.07. The maximum Gasteiger partial charge on any atom is 0.339 e. The second kappa shape index (κ2) is 9.75. The molecule has 1 aromatic carbocycles. The van der Waals surface area contributed by atoms with Gasteiger partial charge in [0, 0.05) is 6.08 Å². The second-order valence-electron chi connectivity index (χ2n) is 11.3. The Kier molecular flexibility index (Phi) is 7.59. The number of rotatable bonds is 7. The highest BCUT2D eigenvalue weighted by Gasteiger charge is 2.58. The van der Waals surface area contributed by atoms with E-state index in [1.807, 2.05) is 44.2 Å². The predicted octanol–water partition coefficient (Wildman–Crippen LogP) is 6.08. The predicted molar refractivity (Wildman–Crippen MR) is 134 cm³/mol. The Balaban J connectivity index is 2.03. The van der Waals surface area contributed by atoms with Crippen LogP contribution in [0.5, 0.6) is 0 Å². The molecule has 2 aliphatic rings. The molecule has 1 N–H and O–H groups in total. The summed E-state index contributed by atoms with van der Waals surface area (Å²) in [6, 6.07) is 9.71. The van der Waals surface area contributed by atoms with Crippen molar-refractivity contribution >= 4 is 20.2 Å². The maximum absolute atomic E-state index is 14.0. The molecule has 0 radical (unpaired) electrons. The first-order chi connectivity index (χ1) is 15.4. The van der Waals surface area contributed by atoms with Crippen molar-refractivity contribution in [1.29, 1.82) is 0 Å². The van der Waals surface area contributed by atoms with Crippen LogP contribution in [0.3, 0.4) is 0 Å². The van der Waals surface area contributed by atoms with E-state index in [1.165, 1.54) is 6.42 Å². The number of nitrogens with one attached hydrogen (secondary N) is 1.